The molecule has 0 rings (SSSR count). The molecule has 0 aliphatic heterocycles. The van der Waals surface area contributed by atoms with E-state index in [-0.39, 0.29) is 9.90 Å². The molecular formula is C24H67B2P3. The van der Waals surface area contributed by atoms with Crippen molar-refractivity contribution in [3.63, 3.8) is 0 Å². The second-order valence-electron chi connectivity index (χ2n) is 5.28. The normalized spacial score (nSPS) is 6.97. The average Bonchev–Trinajstić information content (AvgIpc) is 2.74. The molecule has 0 aromatic carbocycles. The van der Waals surface area contributed by atoms with Crippen LogP contribution in [0.25, 0.3) is 0 Å². The van der Waals surface area contributed by atoms with Gasteiger partial charge in [-0.1, -0.05) is 154 Å². The van der Waals surface area contributed by atoms with Crippen LogP contribution < -0.4 is 0 Å². The van der Waals surface area contributed by atoms with Crippen molar-refractivity contribution in [2.24, 2.45) is 0 Å². The van der Waals surface area contributed by atoms with E-state index in [1.807, 2.05) is 27.7 Å². The molecule has 3 unspecified atom stereocenters. The fraction of sp³-hybridized carbons (Fsp3) is 1.00. The van der Waals surface area contributed by atoms with Crippen molar-refractivity contribution >= 4 is 42.8 Å². The zero-order chi connectivity index (χ0) is 24.5. The van der Waals surface area contributed by atoms with Crippen LogP contribution >= 0.6 is 27.1 Å². The molecule has 0 amide bonds. The van der Waals surface area contributed by atoms with Crippen LogP contribution in [0.3, 0.4) is 0 Å². The van der Waals surface area contributed by atoms with Crippen LogP contribution in [-0.2, 0) is 0 Å². The van der Waals surface area contributed by atoms with E-state index in [1.165, 1.54) is 51.4 Å². The minimum Gasteiger partial charge on any atom is -0.153 e. The molecule has 3 atom stereocenters. The standard InChI is InChI=1S/C5H12.C4H9B.C4H10.C3H7B.C3H8.2C2H6.CH6P2.H3P/c1-3-5-4-2;1-2-3-4-5;1-3-4-2;1-2-3-4;1-3-2;2*1-2;1-3-2;/h3-5H2,1-2H3;2-4H2,1H3;3-4H2,1-2H3;2-3H2,1H3;3H2,1-2H3;2*1-2H3;3H,2H2,1H3;1H3. The van der Waals surface area contributed by atoms with Gasteiger partial charge in [0.15, 0.2) is 0 Å². The highest BCUT2D eigenvalue weighted by Crippen LogP contribution is 2.10. The fourth-order valence-electron chi connectivity index (χ4n) is 0.558. The van der Waals surface area contributed by atoms with E-state index in [4.69, 9.17) is 15.7 Å². The van der Waals surface area contributed by atoms with E-state index in [1.54, 1.807) is 0 Å². The van der Waals surface area contributed by atoms with Gasteiger partial charge in [-0.15, -0.1) is 17.2 Å². The molecular weight excluding hydrogens is 403 g/mol. The molecule has 0 bridgehead atoms. The first-order valence-electron chi connectivity index (χ1n) is 12.3. The molecule has 0 spiro atoms. The molecule has 0 N–H and O–H groups in total. The van der Waals surface area contributed by atoms with Gasteiger partial charge in [-0.05, 0) is 6.66 Å². The minimum atomic E-state index is 0. The summed E-state index contributed by atoms with van der Waals surface area (Å²) in [7, 11) is 13.8. The molecule has 0 heterocycles. The SMILES string of the molecule is CC.CC.CCC.CCCC.CCCCC.CPP.P.[B]CCC.[B]CCCC. The summed E-state index contributed by atoms with van der Waals surface area (Å²) >= 11 is 0. The van der Waals surface area contributed by atoms with E-state index < -0.39 is 0 Å². The molecule has 5 heteroatoms. The van der Waals surface area contributed by atoms with Crippen LogP contribution in [0.2, 0.25) is 12.6 Å². The van der Waals surface area contributed by atoms with Crippen molar-refractivity contribution in [3.8, 4) is 0 Å². The van der Waals surface area contributed by atoms with Crippen LogP contribution in [0, 0.1) is 0 Å². The molecule has 0 aliphatic carbocycles. The lowest BCUT2D eigenvalue weighted by Crippen LogP contribution is -1.63. The Morgan fingerprint density at radius 2 is 0.759 bits per heavy atom. The molecule has 0 aromatic rings. The smallest absolute Gasteiger partial charge is 0.0652 e. The van der Waals surface area contributed by atoms with Gasteiger partial charge in [0, 0.05) is 0 Å². The zero-order valence-electron chi connectivity index (χ0n) is 23.7. The van der Waals surface area contributed by atoms with E-state index >= 15 is 0 Å². The Morgan fingerprint density at radius 3 is 0.759 bits per heavy atom. The highest BCUT2D eigenvalue weighted by molar-refractivity contribution is 8.02. The first-order valence-corrected chi connectivity index (χ1v) is 15.6. The fourth-order valence-corrected chi connectivity index (χ4v) is 0.558. The van der Waals surface area contributed by atoms with Crippen molar-refractivity contribution < 1.29 is 0 Å². The van der Waals surface area contributed by atoms with Crippen molar-refractivity contribution in [2.75, 3.05) is 6.66 Å². The molecule has 0 aliphatic rings. The summed E-state index contributed by atoms with van der Waals surface area (Å²) < 4.78 is 0. The van der Waals surface area contributed by atoms with Crippen LogP contribution in [0.4, 0.5) is 0 Å². The summed E-state index contributed by atoms with van der Waals surface area (Å²) in [5, 5.41) is 0. The van der Waals surface area contributed by atoms with Gasteiger partial charge in [0.2, 0.25) is 0 Å². The molecule has 0 nitrogen and oxygen atoms in total. The topological polar surface area (TPSA) is 0 Å². The third-order valence-corrected chi connectivity index (χ3v) is 2.05. The summed E-state index contributed by atoms with van der Waals surface area (Å²) in [4.78, 5) is 0. The van der Waals surface area contributed by atoms with Gasteiger partial charge in [-0.2, -0.15) is 9.90 Å². The predicted molar refractivity (Wildman–Crippen MR) is 166 cm³/mol. The Morgan fingerprint density at radius 1 is 0.552 bits per heavy atom. The highest BCUT2D eigenvalue weighted by Gasteiger charge is 1.68. The Labute approximate surface area is 202 Å². The lowest BCUT2D eigenvalue weighted by atomic mass is 10.0. The van der Waals surface area contributed by atoms with Crippen molar-refractivity contribution in [1.82, 2.24) is 0 Å². The molecule has 0 fully saturated rings. The maximum atomic E-state index is 5.14. The predicted octanol–water partition coefficient (Wildman–Crippen LogP) is 11.0. The molecule has 29 heavy (non-hydrogen) atoms. The number of hydrogen-bond acceptors (Lipinski definition) is 0. The van der Waals surface area contributed by atoms with Crippen LogP contribution in [0.1, 0.15) is 141 Å². The van der Waals surface area contributed by atoms with Crippen molar-refractivity contribution in [2.45, 2.75) is 154 Å². The molecule has 4 radical (unpaired) electrons. The maximum Gasteiger partial charge on any atom is 0.0652 e. The summed E-state index contributed by atoms with van der Waals surface area (Å²) in [5.41, 5.74) is 0. The van der Waals surface area contributed by atoms with Gasteiger partial charge in [0.1, 0.15) is 0 Å². The minimum absolute atomic E-state index is 0. The van der Waals surface area contributed by atoms with E-state index in [9.17, 15) is 0 Å². The Balaban J connectivity index is -0.0000000229. The molecule has 0 saturated carbocycles. The van der Waals surface area contributed by atoms with Gasteiger partial charge >= 0.3 is 0 Å². The van der Waals surface area contributed by atoms with Gasteiger partial charge in [0.05, 0.1) is 15.7 Å². The highest BCUT2D eigenvalue weighted by atomic mass is 32.0. The Hall–Kier alpha value is 1.42. The maximum absolute atomic E-state index is 5.14. The van der Waals surface area contributed by atoms with Crippen molar-refractivity contribution in [1.29, 1.82) is 0 Å². The second-order valence-corrected chi connectivity index (χ2v) is 7.59. The summed E-state index contributed by atoms with van der Waals surface area (Å²) in [6.45, 7) is 27.3. The number of hydrogen-bond donors (Lipinski definition) is 0. The van der Waals surface area contributed by atoms with Gasteiger partial charge in [0.25, 0.3) is 0 Å². The second kappa shape index (κ2) is 132. The van der Waals surface area contributed by atoms with Crippen molar-refractivity contribution in [3.05, 3.63) is 0 Å². The lowest BCUT2D eigenvalue weighted by molar-refractivity contribution is 0.772. The third kappa shape index (κ3) is 402. The zero-order valence-corrected chi connectivity index (χ0v) is 27.3. The lowest BCUT2D eigenvalue weighted by Gasteiger charge is -1.79. The summed E-state index contributed by atoms with van der Waals surface area (Å²) in [6, 6.07) is 0. The summed E-state index contributed by atoms with van der Waals surface area (Å²) in [5.74, 6) is 0. The first kappa shape index (κ1) is 57.4. The summed E-state index contributed by atoms with van der Waals surface area (Å²) in [6.07, 6.45) is 13.1. The first-order chi connectivity index (χ1) is 13.5. The van der Waals surface area contributed by atoms with E-state index in [0.717, 1.165) is 27.3 Å². The quantitative estimate of drug-likeness (QED) is 0.268. The molecule has 184 valence electrons. The Bertz CT molecular complexity index is 90.1. The van der Waals surface area contributed by atoms with Crippen LogP contribution in [0.15, 0.2) is 0 Å². The van der Waals surface area contributed by atoms with Crippen LogP contribution in [-0.4, -0.2) is 22.4 Å². The van der Waals surface area contributed by atoms with Gasteiger partial charge in [-0.3, -0.25) is 0 Å². The molecule has 0 aromatic heterocycles. The van der Waals surface area contributed by atoms with E-state index in [2.05, 4.69) is 71.0 Å². The third-order valence-electron chi connectivity index (χ3n) is 2.05. The Kier molecular flexibility index (Phi) is 261. The largest absolute Gasteiger partial charge is 0.153 e. The molecule has 0 saturated heterocycles. The average molecular weight is 470 g/mol. The number of rotatable bonds is 6. The van der Waals surface area contributed by atoms with Gasteiger partial charge < -0.3 is 0 Å². The monoisotopic (exact) mass is 470 g/mol. The van der Waals surface area contributed by atoms with E-state index in [0.29, 0.717) is 0 Å². The number of unbranched alkanes of at least 4 members (excludes halogenated alkanes) is 4. The van der Waals surface area contributed by atoms with Crippen LogP contribution in [0.5, 0.6) is 0 Å². The van der Waals surface area contributed by atoms with Gasteiger partial charge in [-0.25, -0.2) is 0 Å².